The second-order valence-corrected chi connectivity index (χ2v) is 14.3. The fraction of sp³-hybridized carbons (Fsp3) is 0.0455. The van der Waals surface area contributed by atoms with Crippen molar-refractivity contribution in [3.63, 3.8) is 0 Å². The van der Waals surface area contributed by atoms with Gasteiger partial charge in [-0.05, 0) is 84.9 Å². The van der Waals surface area contributed by atoms with E-state index in [1.807, 2.05) is 42.6 Å². The fourth-order valence-electron chi connectivity index (χ4n) is 6.77. The first-order valence-corrected chi connectivity index (χ1v) is 18.5. The van der Waals surface area contributed by atoms with Crippen LogP contribution < -0.4 is 0 Å². The van der Waals surface area contributed by atoms with Gasteiger partial charge < -0.3 is 15.0 Å². The number of benzene rings is 3. The summed E-state index contributed by atoms with van der Waals surface area (Å²) in [4.78, 5) is 66.3. The van der Waals surface area contributed by atoms with Crippen LogP contribution in [-0.4, -0.2) is 57.7 Å². The maximum atomic E-state index is 11.8. The van der Waals surface area contributed by atoms with Gasteiger partial charge in [-0.25, -0.2) is 4.98 Å². The lowest BCUT2D eigenvalue weighted by molar-refractivity contribution is 0.0814. The van der Waals surface area contributed by atoms with E-state index >= 15 is 0 Å². The van der Waals surface area contributed by atoms with E-state index in [0.717, 1.165) is 81.3 Å². The van der Waals surface area contributed by atoms with Crippen LogP contribution in [0.1, 0.15) is 45.9 Å². The van der Waals surface area contributed by atoms with Gasteiger partial charge in [0, 0.05) is 89.8 Å². The molecule has 0 unspecified atom stereocenters. The SMILES string of the molecule is Brc1ccc2[nH]cc(-c3nc4c5cccnc5c5ncccc5c4[nH]3)c2c1.C.C.O=C1C(=O)c2cccnc2-c2ncccc21.O=Cc1c[nH]c2ccc(Br)cc12. The number of fused-ring (bicyclic) bond motifs is 11. The second-order valence-electron chi connectivity index (χ2n) is 12.5. The number of rotatable bonds is 2. The molecular formula is C44H32Br2N8O3. The molecule has 0 amide bonds. The normalized spacial score (nSPS) is 11.5. The number of imidazole rings is 1. The van der Waals surface area contributed by atoms with Gasteiger partial charge >= 0.3 is 0 Å². The van der Waals surface area contributed by atoms with E-state index in [1.165, 1.54) is 0 Å². The van der Waals surface area contributed by atoms with Crippen LogP contribution in [-0.2, 0) is 0 Å². The van der Waals surface area contributed by atoms with Gasteiger partial charge in [-0.1, -0.05) is 46.7 Å². The quantitative estimate of drug-likeness (QED) is 0.0878. The van der Waals surface area contributed by atoms with Crippen LogP contribution in [0.25, 0.3) is 77.4 Å². The minimum absolute atomic E-state index is 0. The molecule has 0 saturated carbocycles. The molecule has 0 atom stereocenters. The van der Waals surface area contributed by atoms with Crippen LogP contribution >= 0.6 is 31.9 Å². The molecule has 0 spiro atoms. The van der Waals surface area contributed by atoms with Crippen LogP contribution in [0.4, 0.5) is 0 Å². The van der Waals surface area contributed by atoms with Crippen molar-refractivity contribution in [2.24, 2.45) is 0 Å². The largest absolute Gasteiger partial charge is 0.360 e. The zero-order valence-electron chi connectivity index (χ0n) is 28.3. The Morgan fingerprint density at radius 1 is 0.544 bits per heavy atom. The van der Waals surface area contributed by atoms with Crippen LogP contribution in [0.5, 0.6) is 0 Å². The lowest BCUT2D eigenvalue weighted by Crippen LogP contribution is -2.22. The molecule has 57 heavy (non-hydrogen) atoms. The molecule has 280 valence electrons. The average Bonchev–Trinajstić information content (AvgIpc) is 3.97. The molecule has 10 aromatic rings. The van der Waals surface area contributed by atoms with E-state index in [0.29, 0.717) is 28.1 Å². The van der Waals surface area contributed by atoms with Crippen molar-refractivity contribution in [2.45, 2.75) is 14.9 Å². The average molecular weight is 881 g/mol. The van der Waals surface area contributed by atoms with E-state index in [4.69, 9.17) is 4.98 Å². The van der Waals surface area contributed by atoms with Crippen LogP contribution in [0.3, 0.4) is 0 Å². The zero-order valence-corrected chi connectivity index (χ0v) is 31.5. The molecule has 13 heteroatoms. The lowest BCUT2D eigenvalue weighted by atomic mass is 9.91. The number of H-pyrrole nitrogens is 3. The number of nitrogens with zero attached hydrogens (tertiary/aromatic N) is 5. The Morgan fingerprint density at radius 2 is 1.07 bits per heavy atom. The molecule has 11 nitrogen and oxygen atoms in total. The van der Waals surface area contributed by atoms with Crippen molar-refractivity contribution in [1.29, 1.82) is 0 Å². The van der Waals surface area contributed by atoms with Gasteiger partial charge in [-0.3, -0.25) is 34.3 Å². The number of hydrogen-bond donors (Lipinski definition) is 3. The van der Waals surface area contributed by atoms with Gasteiger partial charge in [-0.15, -0.1) is 0 Å². The summed E-state index contributed by atoms with van der Waals surface area (Å²) in [6, 6.07) is 26.5. The summed E-state index contributed by atoms with van der Waals surface area (Å²) in [5.74, 6) is -0.192. The third kappa shape index (κ3) is 6.81. The van der Waals surface area contributed by atoms with Crippen molar-refractivity contribution in [3.8, 4) is 22.8 Å². The minimum atomic E-state index is -0.511. The molecule has 7 heterocycles. The van der Waals surface area contributed by atoms with Gasteiger partial charge in [0.2, 0.25) is 11.6 Å². The summed E-state index contributed by atoms with van der Waals surface area (Å²) in [6.07, 6.45) is 11.3. The third-order valence-corrected chi connectivity index (χ3v) is 10.3. The van der Waals surface area contributed by atoms with Crippen LogP contribution in [0.2, 0.25) is 0 Å². The highest BCUT2D eigenvalue weighted by atomic mass is 79.9. The molecule has 0 saturated heterocycles. The minimum Gasteiger partial charge on any atom is -0.360 e. The molecular weight excluding hydrogens is 848 g/mol. The first-order valence-electron chi connectivity index (χ1n) is 16.9. The Morgan fingerprint density at radius 3 is 1.70 bits per heavy atom. The summed E-state index contributed by atoms with van der Waals surface area (Å²) in [7, 11) is 0. The first-order chi connectivity index (χ1) is 26.9. The second kappa shape index (κ2) is 15.8. The zero-order chi connectivity index (χ0) is 37.6. The third-order valence-electron chi connectivity index (χ3n) is 9.30. The first kappa shape index (κ1) is 38.6. The van der Waals surface area contributed by atoms with E-state index in [9.17, 15) is 14.4 Å². The van der Waals surface area contributed by atoms with Crippen LogP contribution in [0, 0.1) is 0 Å². The van der Waals surface area contributed by atoms with Crippen LogP contribution in [0.15, 0.2) is 131 Å². The number of Topliss-reactive ketones (excluding diaryl/α,β-unsaturated/α-hetero) is 2. The fourth-order valence-corrected chi connectivity index (χ4v) is 7.49. The highest BCUT2D eigenvalue weighted by molar-refractivity contribution is 9.10. The molecule has 1 aliphatic rings. The van der Waals surface area contributed by atoms with Crippen molar-refractivity contribution >= 4 is 104 Å². The monoisotopic (exact) mass is 878 g/mol. The van der Waals surface area contributed by atoms with Crippen molar-refractivity contribution in [2.75, 3.05) is 0 Å². The topological polar surface area (TPSA) is 163 Å². The smallest absolute Gasteiger partial charge is 0.235 e. The number of carbonyl (C=O) groups is 3. The lowest BCUT2D eigenvalue weighted by Gasteiger charge is -2.14. The van der Waals surface area contributed by atoms with E-state index in [1.54, 1.807) is 55.2 Å². The number of pyridine rings is 4. The van der Waals surface area contributed by atoms with Gasteiger partial charge in [-0.2, -0.15) is 0 Å². The Balaban J connectivity index is 0.000000141. The molecule has 0 bridgehead atoms. The predicted molar refractivity (Wildman–Crippen MR) is 233 cm³/mol. The highest BCUT2D eigenvalue weighted by Crippen LogP contribution is 2.36. The van der Waals surface area contributed by atoms with Crippen molar-refractivity contribution < 1.29 is 14.4 Å². The number of hydrogen-bond acceptors (Lipinski definition) is 8. The van der Waals surface area contributed by atoms with Gasteiger partial charge in [0.15, 0.2) is 6.29 Å². The molecule has 7 aromatic heterocycles. The maximum Gasteiger partial charge on any atom is 0.235 e. The van der Waals surface area contributed by atoms with Gasteiger partial charge in [0.05, 0.1) is 33.2 Å². The molecule has 3 aromatic carbocycles. The summed E-state index contributed by atoms with van der Waals surface area (Å²) >= 11 is 6.91. The molecule has 3 N–H and O–H groups in total. The number of halogens is 2. The molecule has 0 fully saturated rings. The number of ketones is 2. The van der Waals surface area contributed by atoms with E-state index in [-0.39, 0.29) is 14.9 Å². The summed E-state index contributed by atoms with van der Waals surface area (Å²) in [5.41, 5.74) is 9.10. The van der Waals surface area contributed by atoms with Crippen molar-refractivity contribution in [3.05, 3.63) is 148 Å². The number of aromatic amines is 3. The standard InChI is InChI=1S/C21H12BrN5.C12H6N2O2.C9H6BrNO.2CH4/c22-11-5-6-16-14(9-11)15(10-25-16)21-26-19-12-3-1-7-23-17(12)18-13(20(19)27-21)4-2-8-24-18;15-11-7-3-1-5-13-9(7)10-8(12(11)16)4-2-6-14-10;10-7-1-2-9-8(3-7)6(5-12)4-11-9;;/h1-10,25H,(H,26,27);1-6H;1-5,11H;2*1H4. The van der Waals surface area contributed by atoms with E-state index < -0.39 is 11.6 Å². The number of aromatic nitrogens is 8. The Bertz CT molecular complexity index is 3040. The molecule has 11 rings (SSSR count). The Kier molecular flexibility index (Phi) is 10.7. The molecule has 0 aliphatic heterocycles. The van der Waals surface area contributed by atoms with E-state index in [2.05, 4.69) is 91.0 Å². The maximum absolute atomic E-state index is 11.8. The summed E-state index contributed by atoms with van der Waals surface area (Å²) in [6.45, 7) is 0. The highest BCUT2D eigenvalue weighted by Gasteiger charge is 2.31. The Labute approximate surface area is 342 Å². The number of carbonyl (C=O) groups excluding carboxylic acids is 3. The predicted octanol–water partition coefficient (Wildman–Crippen LogP) is 11.1. The number of nitrogens with one attached hydrogen (secondary N) is 3. The molecule has 0 radical (unpaired) electrons. The van der Waals surface area contributed by atoms with Crippen molar-refractivity contribution in [1.82, 2.24) is 39.9 Å². The number of aldehydes is 1. The van der Waals surface area contributed by atoms with Gasteiger partial charge in [0.1, 0.15) is 17.2 Å². The Hall–Kier alpha value is -6.70. The summed E-state index contributed by atoms with van der Waals surface area (Å²) in [5, 5.41) is 4.10. The molecule has 1 aliphatic carbocycles. The summed E-state index contributed by atoms with van der Waals surface area (Å²) < 4.78 is 2.02. The van der Waals surface area contributed by atoms with Gasteiger partial charge in [0.25, 0.3) is 0 Å².